The van der Waals surface area contributed by atoms with Crippen LogP contribution >= 0.6 is 7.82 Å². The summed E-state index contributed by atoms with van der Waals surface area (Å²) in [6.07, 6.45) is 44.1. The molecule has 1 unspecified atom stereocenters. The molecule has 0 aliphatic carbocycles. The Bertz CT molecular complexity index is 1120. The van der Waals surface area contributed by atoms with Crippen molar-refractivity contribution in [1.82, 2.24) is 0 Å². The number of nitrogens with zero attached hydrogens (tertiary/aromatic N) is 1. The fourth-order valence-electron chi connectivity index (χ4n) is 5.41. The standard InChI is InChI=1S/C45H80NO8P/c1-6-8-10-12-14-16-18-20-22-24-25-27-29-31-33-35-37-44(47)51-41-43(42-53-55(49,50)52-40-39-46(3,4)5)54-45(48)38-36-34-32-30-28-26-23-21-19-17-15-13-11-9-7-2/h9,11,15,17,21-24,28,30,43H,6-8,10,12-14,16,18-20,25-27,29,31-42H2,1-5H3/p+1/b11-9-,17-15-,23-21-,24-22-,30-28-/t43-/m1/s1. The number of hydrogen-bond donors (Lipinski definition) is 1. The normalized spacial score (nSPS) is 14.2. The van der Waals surface area contributed by atoms with E-state index in [9.17, 15) is 19.0 Å². The van der Waals surface area contributed by atoms with Gasteiger partial charge in [-0.05, 0) is 77.0 Å². The first-order valence-corrected chi connectivity index (χ1v) is 23.0. The monoisotopic (exact) mass is 795 g/mol. The summed E-state index contributed by atoms with van der Waals surface area (Å²) < 4.78 is 34.2. The fourth-order valence-corrected chi connectivity index (χ4v) is 6.15. The summed E-state index contributed by atoms with van der Waals surface area (Å²) in [5, 5.41) is 0. The number of likely N-dealkylation sites (N-methyl/N-ethyl adjacent to an activating group) is 1. The van der Waals surface area contributed by atoms with Crippen LogP contribution in [-0.4, -0.2) is 74.9 Å². The van der Waals surface area contributed by atoms with E-state index in [1.54, 1.807) is 0 Å². The molecule has 0 spiro atoms. The van der Waals surface area contributed by atoms with Crippen LogP contribution in [0.1, 0.15) is 162 Å². The highest BCUT2D eigenvalue weighted by atomic mass is 31.2. The number of allylic oxidation sites excluding steroid dienone is 10. The molecule has 0 rings (SSSR count). The lowest BCUT2D eigenvalue weighted by atomic mass is 10.1. The molecular formula is C45H81NO8P+. The highest BCUT2D eigenvalue weighted by Gasteiger charge is 2.27. The van der Waals surface area contributed by atoms with Crippen LogP contribution in [0.15, 0.2) is 60.8 Å². The molecular weight excluding hydrogens is 713 g/mol. The Kier molecular flexibility index (Phi) is 35.7. The van der Waals surface area contributed by atoms with Gasteiger partial charge >= 0.3 is 19.8 Å². The van der Waals surface area contributed by atoms with Crippen molar-refractivity contribution >= 4 is 19.8 Å². The molecule has 0 heterocycles. The minimum Gasteiger partial charge on any atom is -0.462 e. The zero-order valence-corrected chi connectivity index (χ0v) is 36.5. The lowest BCUT2D eigenvalue weighted by molar-refractivity contribution is -0.870. The van der Waals surface area contributed by atoms with Gasteiger partial charge in [-0.15, -0.1) is 0 Å². The predicted octanol–water partition coefficient (Wildman–Crippen LogP) is 12.1. The summed E-state index contributed by atoms with van der Waals surface area (Å²) >= 11 is 0. The second-order valence-electron chi connectivity index (χ2n) is 15.3. The number of carbonyl (C=O) groups is 2. The van der Waals surface area contributed by atoms with Gasteiger partial charge in [0.05, 0.1) is 27.7 Å². The summed E-state index contributed by atoms with van der Waals surface area (Å²) in [4.78, 5) is 35.3. The van der Waals surface area contributed by atoms with Gasteiger partial charge in [-0.3, -0.25) is 18.6 Å². The van der Waals surface area contributed by atoms with Gasteiger partial charge in [0.25, 0.3) is 0 Å². The summed E-state index contributed by atoms with van der Waals surface area (Å²) in [6.45, 7) is 4.23. The largest absolute Gasteiger partial charge is 0.472 e. The third kappa shape index (κ3) is 41.2. The van der Waals surface area contributed by atoms with E-state index in [0.29, 0.717) is 17.4 Å². The van der Waals surface area contributed by atoms with E-state index in [1.807, 2.05) is 21.1 Å². The summed E-state index contributed by atoms with van der Waals surface area (Å²) in [5.41, 5.74) is 0. The Morgan fingerprint density at radius 1 is 0.582 bits per heavy atom. The van der Waals surface area contributed by atoms with Crippen LogP contribution in [0.3, 0.4) is 0 Å². The molecule has 0 saturated heterocycles. The maximum absolute atomic E-state index is 12.7. The van der Waals surface area contributed by atoms with Crippen LogP contribution in [0.25, 0.3) is 0 Å². The Labute approximate surface area is 336 Å². The highest BCUT2D eigenvalue weighted by Crippen LogP contribution is 2.43. The minimum absolute atomic E-state index is 0.0198. The van der Waals surface area contributed by atoms with E-state index in [1.165, 1.54) is 51.4 Å². The van der Waals surface area contributed by atoms with Gasteiger partial charge in [0.15, 0.2) is 6.10 Å². The second kappa shape index (κ2) is 37.3. The number of phosphoric ester groups is 1. The molecule has 10 heteroatoms. The predicted molar refractivity (Wildman–Crippen MR) is 229 cm³/mol. The van der Waals surface area contributed by atoms with Crippen LogP contribution < -0.4 is 0 Å². The average molecular weight is 795 g/mol. The molecule has 1 N–H and O–H groups in total. The van der Waals surface area contributed by atoms with Crippen molar-refractivity contribution in [2.45, 2.75) is 168 Å². The van der Waals surface area contributed by atoms with Crippen LogP contribution in [0.2, 0.25) is 0 Å². The maximum atomic E-state index is 12.7. The molecule has 0 aliphatic heterocycles. The molecule has 0 amide bonds. The van der Waals surface area contributed by atoms with Crippen LogP contribution in [-0.2, 0) is 32.7 Å². The number of rotatable bonds is 38. The van der Waals surface area contributed by atoms with Gasteiger partial charge in [0.1, 0.15) is 19.8 Å². The van der Waals surface area contributed by atoms with Gasteiger partial charge in [-0.2, -0.15) is 0 Å². The molecule has 0 saturated carbocycles. The molecule has 55 heavy (non-hydrogen) atoms. The molecule has 0 aromatic heterocycles. The van der Waals surface area contributed by atoms with Crippen LogP contribution in [0, 0.1) is 0 Å². The van der Waals surface area contributed by atoms with Crippen LogP contribution in [0.4, 0.5) is 0 Å². The SMILES string of the molecule is CC/C=C\C/C=C\C/C=C\C/C=C\CCCCC(=O)O[C@H](COC(=O)CCCCCCC/C=C\CCCCCCCCC)COP(=O)(O)OCC[N+](C)(C)C. The second-order valence-corrected chi connectivity index (χ2v) is 16.8. The molecule has 9 nitrogen and oxygen atoms in total. The van der Waals surface area contributed by atoms with Crippen molar-refractivity contribution in [1.29, 1.82) is 0 Å². The van der Waals surface area contributed by atoms with Crippen LogP contribution in [0.5, 0.6) is 0 Å². The van der Waals surface area contributed by atoms with Gasteiger partial charge in [-0.1, -0.05) is 132 Å². The Hall–Kier alpha value is -2.29. The van der Waals surface area contributed by atoms with Crippen molar-refractivity contribution in [3.8, 4) is 0 Å². The maximum Gasteiger partial charge on any atom is 0.472 e. The number of hydrogen-bond acceptors (Lipinski definition) is 7. The zero-order valence-electron chi connectivity index (χ0n) is 35.6. The molecule has 0 radical (unpaired) electrons. The fraction of sp³-hybridized carbons (Fsp3) is 0.733. The number of unbranched alkanes of at least 4 members (excludes halogenated alkanes) is 14. The van der Waals surface area contributed by atoms with Crippen molar-refractivity contribution in [3.05, 3.63) is 60.8 Å². The number of carbonyl (C=O) groups excluding carboxylic acids is 2. The molecule has 0 aromatic rings. The van der Waals surface area contributed by atoms with E-state index >= 15 is 0 Å². The summed E-state index contributed by atoms with van der Waals surface area (Å²) in [7, 11) is 1.44. The Morgan fingerprint density at radius 2 is 1.04 bits per heavy atom. The van der Waals surface area contributed by atoms with E-state index in [2.05, 4.69) is 74.6 Å². The van der Waals surface area contributed by atoms with E-state index < -0.39 is 32.5 Å². The number of esters is 2. The number of phosphoric acid groups is 1. The first kappa shape index (κ1) is 52.7. The molecule has 0 bridgehead atoms. The molecule has 0 fully saturated rings. The molecule has 0 aromatic carbocycles. The first-order valence-electron chi connectivity index (χ1n) is 21.5. The summed E-state index contributed by atoms with van der Waals surface area (Å²) in [6, 6.07) is 0. The van der Waals surface area contributed by atoms with Gasteiger partial charge in [0, 0.05) is 12.8 Å². The first-order chi connectivity index (χ1) is 26.5. The van der Waals surface area contributed by atoms with Crippen molar-refractivity contribution in [2.24, 2.45) is 0 Å². The lowest BCUT2D eigenvalue weighted by Gasteiger charge is -2.24. The summed E-state index contributed by atoms with van der Waals surface area (Å²) in [5.74, 6) is -0.861. The molecule has 2 atom stereocenters. The van der Waals surface area contributed by atoms with Crippen molar-refractivity contribution in [3.63, 3.8) is 0 Å². The van der Waals surface area contributed by atoms with Gasteiger partial charge in [-0.25, -0.2) is 4.57 Å². The van der Waals surface area contributed by atoms with Crippen molar-refractivity contribution in [2.75, 3.05) is 47.5 Å². The topological polar surface area (TPSA) is 108 Å². The van der Waals surface area contributed by atoms with Crippen molar-refractivity contribution < 1.29 is 42.1 Å². The zero-order chi connectivity index (χ0) is 40.7. The molecule has 318 valence electrons. The average Bonchev–Trinajstić information content (AvgIpc) is 3.13. The Balaban J connectivity index is 4.46. The third-order valence-electron chi connectivity index (χ3n) is 8.78. The minimum atomic E-state index is -4.39. The quantitative estimate of drug-likeness (QED) is 0.0216. The van der Waals surface area contributed by atoms with E-state index in [0.717, 1.165) is 77.0 Å². The lowest BCUT2D eigenvalue weighted by Crippen LogP contribution is -2.37. The molecule has 0 aliphatic rings. The van der Waals surface area contributed by atoms with Gasteiger partial charge < -0.3 is 18.9 Å². The Morgan fingerprint density at radius 3 is 1.60 bits per heavy atom. The number of quaternary nitrogens is 1. The number of ether oxygens (including phenoxy) is 2. The highest BCUT2D eigenvalue weighted by molar-refractivity contribution is 7.47. The third-order valence-corrected chi connectivity index (χ3v) is 9.77. The van der Waals surface area contributed by atoms with E-state index in [-0.39, 0.29) is 26.1 Å². The van der Waals surface area contributed by atoms with Gasteiger partial charge in [0.2, 0.25) is 0 Å². The smallest absolute Gasteiger partial charge is 0.462 e. The van der Waals surface area contributed by atoms with E-state index in [4.69, 9.17) is 18.5 Å².